The third kappa shape index (κ3) is 4.37. The molecule has 4 rings (SSSR count). The van der Waals surface area contributed by atoms with Gasteiger partial charge in [0.2, 0.25) is 0 Å². The molecule has 0 aliphatic carbocycles. The highest BCUT2D eigenvalue weighted by Gasteiger charge is 2.41. The number of carbonyl (C=O) groups is 1. The normalized spacial score (nSPS) is 17.8. The van der Waals surface area contributed by atoms with E-state index in [-0.39, 0.29) is 18.1 Å². The van der Waals surface area contributed by atoms with E-state index in [0.717, 1.165) is 47.3 Å². The summed E-state index contributed by atoms with van der Waals surface area (Å²) < 4.78 is 7.06. The Morgan fingerprint density at radius 2 is 1.94 bits per heavy atom. The fraction of sp³-hybridized carbons (Fsp3) is 0.346. The second kappa shape index (κ2) is 9.75. The van der Waals surface area contributed by atoms with Gasteiger partial charge >= 0.3 is 5.97 Å². The third-order valence-corrected chi connectivity index (χ3v) is 6.64. The minimum atomic E-state index is -0.335. The maximum atomic E-state index is 11.8. The molecule has 0 bridgehead atoms. The first-order valence-corrected chi connectivity index (χ1v) is 11.7. The number of methoxy groups -OCH3 is 1. The van der Waals surface area contributed by atoms with Gasteiger partial charge in [0.1, 0.15) is 0 Å². The SMILES string of the molecule is CCCCN1C(=S)N[C@@H](c2ccccn2)[C@@H]1c1cc(C)n(-c2ccc(C(=O)OC)cc2)c1C. The van der Waals surface area contributed by atoms with Crippen LogP contribution in [0.25, 0.3) is 5.69 Å². The van der Waals surface area contributed by atoms with Crippen molar-refractivity contribution in [3.63, 3.8) is 0 Å². The standard InChI is InChI=1S/C26H30N4O2S/c1-5-6-15-29-24(23(28-26(29)33)22-9-7-8-14-27-22)21-16-17(2)30(18(21)3)20-12-10-19(11-13-20)25(31)32-4/h7-14,16,23-24H,5-6,15H2,1-4H3,(H,28,33)/t23-,24-/m0/s1. The summed E-state index contributed by atoms with van der Waals surface area (Å²) in [5.41, 5.74) is 6.03. The number of hydrogen-bond donors (Lipinski definition) is 1. The van der Waals surface area contributed by atoms with E-state index in [4.69, 9.17) is 17.0 Å². The summed E-state index contributed by atoms with van der Waals surface area (Å²) >= 11 is 5.77. The van der Waals surface area contributed by atoms with Crippen LogP contribution in [0, 0.1) is 13.8 Å². The van der Waals surface area contributed by atoms with Crippen LogP contribution < -0.4 is 5.32 Å². The minimum Gasteiger partial charge on any atom is -0.465 e. The van der Waals surface area contributed by atoms with Crippen molar-refractivity contribution < 1.29 is 9.53 Å². The molecule has 172 valence electrons. The number of pyridine rings is 1. The number of ether oxygens (including phenoxy) is 1. The Bertz CT molecular complexity index is 1140. The summed E-state index contributed by atoms with van der Waals surface area (Å²) in [6, 6.07) is 15.8. The Hall–Kier alpha value is -3.19. The molecule has 1 aliphatic rings. The molecule has 1 fully saturated rings. The van der Waals surface area contributed by atoms with Gasteiger partial charge in [-0.15, -0.1) is 0 Å². The molecule has 0 saturated carbocycles. The van der Waals surface area contributed by atoms with Crippen molar-refractivity contribution in [2.75, 3.05) is 13.7 Å². The fourth-order valence-corrected chi connectivity index (χ4v) is 4.99. The van der Waals surface area contributed by atoms with Gasteiger partial charge in [-0.25, -0.2) is 4.79 Å². The van der Waals surface area contributed by atoms with Gasteiger partial charge in [0.05, 0.1) is 30.5 Å². The van der Waals surface area contributed by atoms with Crippen molar-refractivity contribution >= 4 is 23.3 Å². The van der Waals surface area contributed by atoms with Gasteiger partial charge in [-0.05, 0) is 80.5 Å². The Morgan fingerprint density at radius 3 is 2.58 bits per heavy atom. The summed E-state index contributed by atoms with van der Waals surface area (Å²) in [5, 5.41) is 4.31. The van der Waals surface area contributed by atoms with Crippen LogP contribution in [0.2, 0.25) is 0 Å². The van der Waals surface area contributed by atoms with Gasteiger partial charge in [0.25, 0.3) is 0 Å². The molecule has 0 amide bonds. The van der Waals surface area contributed by atoms with Crippen LogP contribution in [0.3, 0.4) is 0 Å². The van der Waals surface area contributed by atoms with Gasteiger partial charge in [-0.2, -0.15) is 0 Å². The van der Waals surface area contributed by atoms with Crippen molar-refractivity contribution in [1.29, 1.82) is 0 Å². The molecule has 0 radical (unpaired) electrons. The lowest BCUT2D eigenvalue weighted by Crippen LogP contribution is -2.30. The van der Waals surface area contributed by atoms with Gasteiger partial charge in [0, 0.05) is 29.8 Å². The zero-order valence-corrected chi connectivity index (χ0v) is 20.4. The highest BCUT2D eigenvalue weighted by Crippen LogP contribution is 2.41. The summed E-state index contributed by atoms with van der Waals surface area (Å²) in [6.07, 6.45) is 4.00. The number of unbranched alkanes of at least 4 members (excludes halogenated alkanes) is 1. The molecule has 1 aromatic carbocycles. The average Bonchev–Trinajstić information content (AvgIpc) is 3.32. The number of benzene rings is 1. The number of aromatic nitrogens is 2. The molecule has 0 unspecified atom stereocenters. The predicted molar refractivity (Wildman–Crippen MR) is 134 cm³/mol. The van der Waals surface area contributed by atoms with Crippen LogP contribution in [-0.4, -0.2) is 39.2 Å². The Labute approximate surface area is 200 Å². The highest BCUT2D eigenvalue weighted by atomic mass is 32.1. The Morgan fingerprint density at radius 1 is 1.18 bits per heavy atom. The number of aryl methyl sites for hydroxylation is 1. The van der Waals surface area contributed by atoms with Gasteiger partial charge in [-0.1, -0.05) is 19.4 Å². The molecule has 3 heterocycles. The fourth-order valence-electron chi connectivity index (χ4n) is 4.66. The largest absolute Gasteiger partial charge is 0.465 e. The summed E-state index contributed by atoms with van der Waals surface area (Å²) in [4.78, 5) is 18.8. The molecular formula is C26H30N4O2S. The summed E-state index contributed by atoms with van der Waals surface area (Å²) in [6.45, 7) is 7.35. The topological polar surface area (TPSA) is 59.4 Å². The molecule has 1 N–H and O–H groups in total. The van der Waals surface area contributed by atoms with Crippen molar-refractivity contribution in [2.24, 2.45) is 0 Å². The number of rotatable bonds is 7. The van der Waals surface area contributed by atoms with Crippen molar-refractivity contribution in [3.8, 4) is 5.69 Å². The van der Waals surface area contributed by atoms with E-state index >= 15 is 0 Å². The van der Waals surface area contributed by atoms with E-state index in [1.54, 1.807) is 12.1 Å². The second-order valence-corrected chi connectivity index (χ2v) is 8.76. The highest BCUT2D eigenvalue weighted by molar-refractivity contribution is 7.80. The van der Waals surface area contributed by atoms with Crippen LogP contribution in [0.1, 0.15) is 64.9 Å². The predicted octanol–water partition coefficient (Wildman–Crippen LogP) is 5.05. The lowest BCUT2D eigenvalue weighted by atomic mass is 9.96. The maximum absolute atomic E-state index is 11.8. The van der Waals surface area contributed by atoms with Crippen LogP contribution in [0.5, 0.6) is 0 Å². The lowest BCUT2D eigenvalue weighted by Gasteiger charge is -2.28. The first-order valence-electron chi connectivity index (χ1n) is 11.3. The molecule has 1 saturated heterocycles. The van der Waals surface area contributed by atoms with E-state index in [2.05, 4.69) is 52.7 Å². The molecule has 1 aliphatic heterocycles. The van der Waals surface area contributed by atoms with Gasteiger partial charge < -0.3 is 19.5 Å². The first kappa shape index (κ1) is 23.0. The van der Waals surface area contributed by atoms with Crippen LogP contribution in [-0.2, 0) is 4.74 Å². The third-order valence-electron chi connectivity index (χ3n) is 6.29. The van der Waals surface area contributed by atoms with Crippen LogP contribution >= 0.6 is 12.2 Å². The van der Waals surface area contributed by atoms with Crippen molar-refractivity contribution in [3.05, 3.63) is 82.9 Å². The number of carbonyl (C=O) groups excluding carboxylic acids is 1. The quantitative estimate of drug-likeness (QED) is 0.392. The van der Waals surface area contributed by atoms with Crippen LogP contribution in [0.15, 0.2) is 54.7 Å². The summed E-state index contributed by atoms with van der Waals surface area (Å²) in [5.74, 6) is -0.335. The molecule has 3 aromatic rings. The van der Waals surface area contributed by atoms with E-state index in [9.17, 15) is 4.79 Å². The summed E-state index contributed by atoms with van der Waals surface area (Å²) in [7, 11) is 1.39. The number of nitrogens with one attached hydrogen (secondary N) is 1. The zero-order chi connectivity index (χ0) is 23.5. The van der Waals surface area contributed by atoms with E-state index in [1.807, 2.05) is 30.5 Å². The molecule has 0 spiro atoms. The molecule has 6 nitrogen and oxygen atoms in total. The minimum absolute atomic E-state index is 0.0220. The Balaban J connectivity index is 1.77. The number of thiocarbonyl (C=S) groups is 1. The second-order valence-electron chi connectivity index (χ2n) is 8.37. The zero-order valence-electron chi connectivity index (χ0n) is 19.5. The smallest absolute Gasteiger partial charge is 0.337 e. The van der Waals surface area contributed by atoms with E-state index in [1.165, 1.54) is 12.7 Å². The molecule has 2 atom stereocenters. The Kier molecular flexibility index (Phi) is 6.79. The van der Waals surface area contributed by atoms with Crippen LogP contribution in [0.4, 0.5) is 0 Å². The van der Waals surface area contributed by atoms with Gasteiger partial charge in [0.15, 0.2) is 5.11 Å². The average molecular weight is 463 g/mol. The first-order chi connectivity index (χ1) is 16.0. The molecule has 33 heavy (non-hydrogen) atoms. The molecular weight excluding hydrogens is 432 g/mol. The van der Waals surface area contributed by atoms with Crippen molar-refractivity contribution in [1.82, 2.24) is 19.8 Å². The van der Waals surface area contributed by atoms with Gasteiger partial charge in [-0.3, -0.25) is 4.98 Å². The number of esters is 1. The number of nitrogens with zero attached hydrogens (tertiary/aromatic N) is 3. The number of hydrogen-bond acceptors (Lipinski definition) is 4. The molecule has 2 aromatic heterocycles. The monoisotopic (exact) mass is 462 g/mol. The van der Waals surface area contributed by atoms with E-state index < -0.39 is 0 Å². The van der Waals surface area contributed by atoms with E-state index in [0.29, 0.717) is 5.56 Å². The van der Waals surface area contributed by atoms with Crippen molar-refractivity contribution in [2.45, 2.75) is 45.7 Å². The maximum Gasteiger partial charge on any atom is 0.337 e. The molecule has 7 heteroatoms. The lowest BCUT2D eigenvalue weighted by molar-refractivity contribution is 0.0600.